The number of anilines is 2. The number of aryl methyl sites for hydroxylation is 1. The van der Waals surface area contributed by atoms with Gasteiger partial charge in [-0.1, -0.05) is 0 Å². The van der Waals surface area contributed by atoms with Gasteiger partial charge in [-0.25, -0.2) is 9.97 Å². The third-order valence-electron chi connectivity index (χ3n) is 5.21. The van der Waals surface area contributed by atoms with Gasteiger partial charge < -0.3 is 19.7 Å². The molecule has 0 spiro atoms. The van der Waals surface area contributed by atoms with Gasteiger partial charge in [-0.2, -0.15) is 11.8 Å². The van der Waals surface area contributed by atoms with Crippen LogP contribution in [0.15, 0.2) is 36.5 Å². The number of rotatable bonds is 3. The highest BCUT2D eigenvalue weighted by molar-refractivity contribution is 7.99. The number of aromatic nitrogens is 2. The number of nitrogens with one attached hydrogen (secondary N) is 1. The van der Waals surface area contributed by atoms with Crippen molar-refractivity contribution in [1.82, 2.24) is 14.9 Å². The quantitative estimate of drug-likeness (QED) is 0.690. The summed E-state index contributed by atoms with van der Waals surface area (Å²) in [7, 11) is 0. The lowest BCUT2D eigenvalue weighted by Crippen LogP contribution is -2.38. The molecule has 3 aromatic rings. The number of pyridine rings is 2. The molecule has 0 unspecified atom stereocenters. The number of ether oxygens (including phenoxy) is 2. The van der Waals surface area contributed by atoms with Crippen molar-refractivity contribution < 1.29 is 14.3 Å². The fourth-order valence-corrected chi connectivity index (χ4v) is 4.57. The van der Waals surface area contributed by atoms with Gasteiger partial charge in [-0.3, -0.25) is 4.79 Å². The first-order valence-electron chi connectivity index (χ1n) is 9.99. The molecule has 0 saturated carbocycles. The minimum absolute atomic E-state index is 0.00896. The van der Waals surface area contributed by atoms with Crippen molar-refractivity contribution in [2.75, 3.05) is 43.1 Å². The van der Waals surface area contributed by atoms with Crippen molar-refractivity contribution in [3.05, 3.63) is 47.8 Å². The van der Waals surface area contributed by atoms with Gasteiger partial charge in [-0.15, -0.1) is 0 Å². The Kier molecular flexibility index (Phi) is 5.08. The molecular formula is C22H22N4O3S. The molecule has 1 N–H and O–H groups in total. The number of carbonyl (C=O) groups excluding carboxylic acids is 1. The molecule has 1 amide bonds. The van der Waals surface area contributed by atoms with E-state index < -0.39 is 0 Å². The Labute approximate surface area is 178 Å². The number of carbonyl (C=O) groups is 1. The minimum Gasteiger partial charge on any atom is -0.486 e. The number of hydrogen-bond donors (Lipinski definition) is 1. The van der Waals surface area contributed by atoms with E-state index in [0.717, 1.165) is 47.1 Å². The third-order valence-corrected chi connectivity index (χ3v) is 6.15. The summed E-state index contributed by atoms with van der Waals surface area (Å²) in [5.74, 6) is 3.33. The fourth-order valence-electron chi connectivity index (χ4n) is 3.67. The number of benzene rings is 1. The largest absolute Gasteiger partial charge is 0.486 e. The standard InChI is InChI=1S/C22H22N4O3S/c1-14-2-4-16-20(25-15-3-5-18-19(12-15)29-9-8-28-18)17(13-23-21(16)24-14)22(27)26-6-10-30-11-7-26/h2-5,12-13H,6-11H2,1H3,(H,23,24,25). The molecule has 5 rings (SSSR count). The van der Waals surface area contributed by atoms with Crippen LogP contribution in [0.3, 0.4) is 0 Å². The zero-order valence-corrected chi connectivity index (χ0v) is 17.5. The fraction of sp³-hybridized carbons (Fsp3) is 0.318. The molecule has 8 heteroatoms. The van der Waals surface area contributed by atoms with Crippen LogP contribution in [0.1, 0.15) is 16.1 Å². The predicted octanol–water partition coefficient (Wildman–Crippen LogP) is 3.64. The summed E-state index contributed by atoms with van der Waals surface area (Å²) in [6.07, 6.45) is 1.64. The monoisotopic (exact) mass is 422 g/mol. The first-order chi connectivity index (χ1) is 14.7. The number of amides is 1. The van der Waals surface area contributed by atoms with Crippen molar-refractivity contribution >= 4 is 40.1 Å². The van der Waals surface area contributed by atoms with Crippen molar-refractivity contribution in [1.29, 1.82) is 0 Å². The maximum atomic E-state index is 13.3. The Balaban J connectivity index is 1.58. The van der Waals surface area contributed by atoms with Crippen LogP contribution in [0.4, 0.5) is 11.4 Å². The summed E-state index contributed by atoms with van der Waals surface area (Å²) >= 11 is 1.87. The molecule has 4 heterocycles. The van der Waals surface area contributed by atoms with Crippen molar-refractivity contribution in [2.45, 2.75) is 6.92 Å². The van der Waals surface area contributed by atoms with E-state index in [0.29, 0.717) is 35.9 Å². The maximum absolute atomic E-state index is 13.3. The van der Waals surface area contributed by atoms with Crippen LogP contribution in [0.2, 0.25) is 0 Å². The summed E-state index contributed by atoms with van der Waals surface area (Å²) < 4.78 is 11.3. The van der Waals surface area contributed by atoms with Gasteiger partial charge in [0.2, 0.25) is 0 Å². The van der Waals surface area contributed by atoms with E-state index in [2.05, 4.69) is 15.3 Å². The van der Waals surface area contributed by atoms with Crippen LogP contribution in [-0.2, 0) is 0 Å². The second-order valence-electron chi connectivity index (χ2n) is 7.26. The summed E-state index contributed by atoms with van der Waals surface area (Å²) in [5.41, 5.74) is 3.58. The van der Waals surface area contributed by atoms with Crippen molar-refractivity contribution in [2.24, 2.45) is 0 Å². The summed E-state index contributed by atoms with van der Waals surface area (Å²) in [6, 6.07) is 9.60. The van der Waals surface area contributed by atoms with Crippen LogP contribution in [-0.4, -0.2) is 58.6 Å². The average Bonchev–Trinajstić information content (AvgIpc) is 2.79. The SMILES string of the molecule is Cc1ccc2c(Nc3ccc4c(c3)OCCO4)c(C(=O)N3CCSCC3)cnc2n1. The topological polar surface area (TPSA) is 76.6 Å². The molecule has 1 fully saturated rings. The zero-order valence-electron chi connectivity index (χ0n) is 16.7. The highest BCUT2D eigenvalue weighted by Crippen LogP contribution is 2.36. The Morgan fingerprint density at radius 2 is 1.90 bits per heavy atom. The summed E-state index contributed by atoms with van der Waals surface area (Å²) in [4.78, 5) is 24.2. The maximum Gasteiger partial charge on any atom is 0.257 e. The highest BCUT2D eigenvalue weighted by atomic mass is 32.2. The second kappa shape index (κ2) is 8.02. The molecule has 2 aliphatic rings. The molecule has 30 heavy (non-hydrogen) atoms. The number of hydrogen-bond acceptors (Lipinski definition) is 7. The van der Waals surface area contributed by atoms with Crippen LogP contribution in [0.5, 0.6) is 11.5 Å². The summed E-state index contributed by atoms with van der Waals surface area (Å²) in [6.45, 7) is 4.49. The number of nitrogens with zero attached hydrogens (tertiary/aromatic N) is 3. The molecule has 0 atom stereocenters. The first kappa shape index (κ1) is 19.0. The molecule has 154 valence electrons. The third kappa shape index (κ3) is 3.63. The minimum atomic E-state index is -0.00896. The Hall–Kier alpha value is -3.00. The lowest BCUT2D eigenvalue weighted by molar-refractivity contribution is 0.0773. The van der Waals surface area contributed by atoms with Gasteiger partial charge in [0.25, 0.3) is 5.91 Å². The molecule has 2 aliphatic heterocycles. The lowest BCUT2D eigenvalue weighted by atomic mass is 10.1. The van der Waals surface area contributed by atoms with Crippen molar-refractivity contribution in [3.63, 3.8) is 0 Å². The van der Waals surface area contributed by atoms with Crippen LogP contribution in [0, 0.1) is 6.92 Å². The highest BCUT2D eigenvalue weighted by Gasteiger charge is 2.24. The molecule has 1 saturated heterocycles. The Morgan fingerprint density at radius 1 is 1.10 bits per heavy atom. The van der Waals surface area contributed by atoms with E-state index in [1.807, 2.05) is 53.9 Å². The normalized spacial score (nSPS) is 15.8. The second-order valence-corrected chi connectivity index (χ2v) is 8.48. The molecule has 1 aromatic carbocycles. The van der Waals surface area contributed by atoms with Gasteiger partial charge in [-0.05, 0) is 31.2 Å². The molecule has 0 bridgehead atoms. The molecule has 0 radical (unpaired) electrons. The lowest BCUT2D eigenvalue weighted by Gasteiger charge is -2.27. The van der Waals surface area contributed by atoms with E-state index >= 15 is 0 Å². The zero-order chi connectivity index (χ0) is 20.5. The van der Waals surface area contributed by atoms with Crippen LogP contribution in [0.25, 0.3) is 11.0 Å². The van der Waals surface area contributed by atoms with E-state index in [1.54, 1.807) is 6.20 Å². The van der Waals surface area contributed by atoms with Crippen LogP contribution >= 0.6 is 11.8 Å². The smallest absolute Gasteiger partial charge is 0.257 e. The first-order valence-corrected chi connectivity index (χ1v) is 11.1. The van der Waals surface area contributed by atoms with E-state index in [4.69, 9.17) is 9.47 Å². The van der Waals surface area contributed by atoms with Gasteiger partial charge in [0.15, 0.2) is 17.1 Å². The number of fused-ring (bicyclic) bond motifs is 2. The average molecular weight is 423 g/mol. The van der Waals surface area contributed by atoms with Gasteiger partial charge in [0.1, 0.15) is 13.2 Å². The van der Waals surface area contributed by atoms with E-state index in [9.17, 15) is 4.79 Å². The Morgan fingerprint density at radius 3 is 2.73 bits per heavy atom. The summed E-state index contributed by atoms with van der Waals surface area (Å²) in [5, 5.41) is 4.25. The Bertz CT molecular complexity index is 1110. The molecular weight excluding hydrogens is 400 g/mol. The van der Waals surface area contributed by atoms with Gasteiger partial charge >= 0.3 is 0 Å². The van der Waals surface area contributed by atoms with Crippen molar-refractivity contribution in [3.8, 4) is 11.5 Å². The van der Waals surface area contributed by atoms with E-state index in [1.165, 1.54) is 0 Å². The van der Waals surface area contributed by atoms with Crippen LogP contribution < -0.4 is 14.8 Å². The van der Waals surface area contributed by atoms with Gasteiger partial charge in [0.05, 0.1) is 11.3 Å². The predicted molar refractivity (Wildman–Crippen MR) is 118 cm³/mol. The van der Waals surface area contributed by atoms with E-state index in [-0.39, 0.29) is 5.91 Å². The molecule has 2 aromatic heterocycles. The molecule has 0 aliphatic carbocycles. The number of thioether (sulfide) groups is 1. The van der Waals surface area contributed by atoms with Gasteiger partial charge in [0, 0.05) is 53.6 Å². The molecule has 7 nitrogen and oxygen atoms in total.